The molecule has 1 saturated heterocycles. The fourth-order valence-corrected chi connectivity index (χ4v) is 5.24. The lowest BCUT2D eigenvalue weighted by molar-refractivity contribution is -0.121. The van der Waals surface area contributed by atoms with E-state index in [-0.39, 0.29) is 17.6 Å². The van der Waals surface area contributed by atoms with Gasteiger partial charge in [0.25, 0.3) is 0 Å². The van der Waals surface area contributed by atoms with Crippen LogP contribution in [-0.2, 0) is 24.7 Å². The maximum absolute atomic E-state index is 15.0. The maximum Gasteiger partial charge on any atom is 0.241 e. The number of allylic oxidation sites excluding steroid dienone is 1. The summed E-state index contributed by atoms with van der Waals surface area (Å²) in [6.07, 6.45) is 5.97. The number of benzene rings is 1. The van der Waals surface area contributed by atoms with Gasteiger partial charge in [0.1, 0.15) is 11.5 Å². The number of ether oxygens (including phenoxy) is 1. The number of hydrogen-bond acceptors (Lipinski definition) is 7. The molecule has 1 N–H and O–H groups in total. The molecule has 2 aliphatic rings. The fraction of sp³-hybridized carbons (Fsp3) is 0.429. The minimum atomic E-state index is -0.486. The normalized spacial score (nSPS) is 16.7. The first-order chi connectivity index (χ1) is 18.4. The second-order valence-electron chi connectivity index (χ2n) is 9.79. The highest BCUT2D eigenvalue weighted by Gasteiger charge is 2.27. The average molecular weight is 520 g/mol. The molecule has 0 unspecified atom stereocenters. The SMILES string of the molecule is CCN1CCN([C@H](C)C(=O)Nc2cccc3c2CC=C3c2nc(Cc3cn(C)nc3OC)ncc2F)CC1. The van der Waals surface area contributed by atoms with Crippen molar-refractivity contribution in [3.8, 4) is 5.88 Å². The number of fused-ring (bicyclic) bond motifs is 1. The number of rotatable bonds is 8. The molecule has 0 radical (unpaired) electrons. The van der Waals surface area contributed by atoms with Gasteiger partial charge in [-0.2, -0.15) is 0 Å². The van der Waals surface area contributed by atoms with Crippen LogP contribution in [0.15, 0.2) is 36.7 Å². The Morgan fingerprint density at radius 2 is 2.03 bits per heavy atom. The first kappa shape index (κ1) is 26.0. The third kappa shape index (κ3) is 5.19. The minimum absolute atomic E-state index is 0.0299. The number of aromatic nitrogens is 4. The minimum Gasteiger partial charge on any atom is -0.480 e. The fourth-order valence-electron chi connectivity index (χ4n) is 5.24. The van der Waals surface area contributed by atoms with E-state index in [2.05, 4.69) is 37.1 Å². The summed E-state index contributed by atoms with van der Waals surface area (Å²) in [4.78, 5) is 26.6. The van der Waals surface area contributed by atoms with Crippen molar-refractivity contribution in [3.63, 3.8) is 0 Å². The van der Waals surface area contributed by atoms with Crippen molar-refractivity contribution in [2.75, 3.05) is 45.2 Å². The van der Waals surface area contributed by atoms with Gasteiger partial charge in [0.15, 0.2) is 5.82 Å². The summed E-state index contributed by atoms with van der Waals surface area (Å²) < 4.78 is 22.0. The van der Waals surface area contributed by atoms with Crippen LogP contribution in [0.1, 0.15) is 42.1 Å². The number of halogens is 1. The van der Waals surface area contributed by atoms with Crippen LogP contribution in [-0.4, -0.2) is 81.3 Å². The van der Waals surface area contributed by atoms with Crippen molar-refractivity contribution >= 4 is 17.2 Å². The topological polar surface area (TPSA) is 88.4 Å². The molecule has 0 bridgehead atoms. The Morgan fingerprint density at radius 1 is 1.24 bits per heavy atom. The third-order valence-corrected chi connectivity index (χ3v) is 7.47. The van der Waals surface area contributed by atoms with Crippen LogP contribution < -0.4 is 10.1 Å². The monoisotopic (exact) mass is 519 g/mol. The van der Waals surface area contributed by atoms with Crippen molar-refractivity contribution in [2.45, 2.75) is 32.7 Å². The number of anilines is 1. The Hall–Kier alpha value is -3.63. The first-order valence-electron chi connectivity index (χ1n) is 13.1. The quantitative estimate of drug-likeness (QED) is 0.490. The van der Waals surface area contributed by atoms with Crippen molar-refractivity contribution in [2.24, 2.45) is 7.05 Å². The Morgan fingerprint density at radius 3 is 2.76 bits per heavy atom. The Labute approximate surface area is 222 Å². The number of carbonyl (C=O) groups is 1. The molecule has 0 spiro atoms. The van der Waals surface area contributed by atoms with Crippen molar-refractivity contribution in [1.82, 2.24) is 29.5 Å². The summed E-state index contributed by atoms with van der Waals surface area (Å²) in [5.41, 5.74) is 4.37. The number of piperazine rings is 1. The number of hydrogen-bond donors (Lipinski definition) is 1. The van der Waals surface area contributed by atoms with Gasteiger partial charge in [-0.05, 0) is 37.1 Å². The van der Waals surface area contributed by atoms with E-state index >= 15 is 0 Å². The lowest BCUT2D eigenvalue weighted by Crippen LogP contribution is -2.52. The van der Waals surface area contributed by atoms with E-state index in [4.69, 9.17) is 4.74 Å². The van der Waals surface area contributed by atoms with E-state index < -0.39 is 5.82 Å². The standard InChI is InChI=1S/C28H34FN7O2/c1-5-35-11-13-36(14-12-35)18(2)27(37)31-24-8-6-7-20-21(24)9-10-22(20)26-23(29)16-30-25(32-26)15-19-17-34(3)33-28(19)38-4/h6-8,10,16-18H,5,9,11-15H2,1-4H3,(H,31,37)/t18-/m1/s1. The van der Waals surface area contributed by atoms with Gasteiger partial charge in [0.2, 0.25) is 11.8 Å². The zero-order valence-electron chi connectivity index (χ0n) is 22.4. The number of nitrogens with zero attached hydrogens (tertiary/aromatic N) is 6. The lowest BCUT2D eigenvalue weighted by Gasteiger charge is -2.37. The highest BCUT2D eigenvalue weighted by Crippen LogP contribution is 2.37. The predicted octanol–water partition coefficient (Wildman–Crippen LogP) is 2.90. The Balaban J connectivity index is 1.34. The average Bonchev–Trinajstić information content (AvgIpc) is 3.52. The summed E-state index contributed by atoms with van der Waals surface area (Å²) in [5.74, 6) is 0.454. The maximum atomic E-state index is 15.0. The first-order valence-corrected chi connectivity index (χ1v) is 13.1. The molecule has 1 fully saturated rings. The molecule has 1 amide bonds. The van der Waals surface area contributed by atoms with E-state index in [1.807, 2.05) is 44.4 Å². The molecule has 0 saturated carbocycles. The van der Waals surface area contributed by atoms with E-state index in [1.54, 1.807) is 11.8 Å². The summed E-state index contributed by atoms with van der Waals surface area (Å²) in [6, 6.07) is 5.51. The van der Waals surface area contributed by atoms with Crippen LogP contribution in [0, 0.1) is 5.82 Å². The lowest BCUT2D eigenvalue weighted by atomic mass is 10.0. The molecule has 1 aromatic carbocycles. The molecule has 9 nitrogen and oxygen atoms in total. The van der Waals surface area contributed by atoms with Crippen LogP contribution in [0.3, 0.4) is 0 Å². The summed E-state index contributed by atoms with van der Waals surface area (Å²) in [7, 11) is 3.37. The van der Waals surface area contributed by atoms with E-state index in [0.717, 1.165) is 55.1 Å². The zero-order chi connectivity index (χ0) is 26.8. The highest BCUT2D eigenvalue weighted by molar-refractivity contribution is 5.97. The predicted molar refractivity (Wildman–Crippen MR) is 144 cm³/mol. The molecule has 1 aliphatic carbocycles. The summed E-state index contributed by atoms with van der Waals surface area (Å²) in [6.45, 7) is 8.86. The van der Waals surface area contributed by atoms with Crippen molar-refractivity contribution in [1.29, 1.82) is 0 Å². The number of nitrogens with one attached hydrogen (secondary N) is 1. The third-order valence-electron chi connectivity index (χ3n) is 7.47. The highest BCUT2D eigenvalue weighted by atomic mass is 19.1. The van der Waals surface area contributed by atoms with Crippen LogP contribution in [0.5, 0.6) is 5.88 Å². The van der Waals surface area contributed by atoms with Gasteiger partial charge in [-0.1, -0.05) is 25.1 Å². The van der Waals surface area contributed by atoms with Gasteiger partial charge in [-0.25, -0.2) is 14.4 Å². The Kier molecular flexibility index (Phi) is 7.53. The van der Waals surface area contributed by atoms with Crippen molar-refractivity contribution < 1.29 is 13.9 Å². The van der Waals surface area contributed by atoms with E-state index in [0.29, 0.717) is 30.1 Å². The molecule has 3 heterocycles. The number of methoxy groups -OCH3 is 1. The number of likely N-dealkylation sites (N-methyl/N-ethyl adjacent to an activating group) is 1. The molecular weight excluding hydrogens is 485 g/mol. The van der Waals surface area contributed by atoms with Crippen LogP contribution in [0.2, 0.25) is 0 Å². The molecule has 2 aromatic heterocycles. The number of amides is 1. The second-order valence-corrected chi connectivity index (χ2v) is 9.79. The molecule has 1 atom stereocenters. The molecule has 1 aliphatic heterocycles. The van der Waals surface area contributed by atoms with Crippen LogP contribution >= 0.6 is 0 Å². The summed E-state index contributed by atoms with van der Waals surface area (Å²) in [5, 5.41) is 7.40. The van der Waals surface area contributed by atoms with Gasteiger partial charge >= 0.3 is 0 Å². The van der Waals surface area contributed by atoms with E-state index in [1.165, 1.54) is 6.20 Å². The van der Waals surface area contributed by atoms with Gasteiger partial charge < -0.3 is 15.0 Å². The van der Waals surface area contributed by atoms with Crippen molar-refractivity contribution in [3.05, 3.63) is 70.7 Å². The largest absolute Gasteiger partial charge is 0.480 e. The summed E-state index contributed by atoms with van der Waals surface area (Å²) >= 11 is 0. The molecule has 38 heavy (non-hydrogen) atoms. The molecule has 200 valence electrons. The van der Waals surface area contributed by atoms with Gasteiger partial charge in [-0.3, -0.25) is 14.4 Å². The zero-order valence-corrected chi connectivity index (χ0v) is 22.4. The molecule has 5 rings (SSSR count). The number of carbonyl (C=O) groups excluding carboxylic acids is 1. The van der Waals surface area contributed by atoms with Crippen LogP contribution in [0.4, 0.5) is 10.1 Å². The molecule has 10 heteroatoms. The van der Waals surface area contributed by atoms with Gasteiger partial charge in [-0.15, -0.1) is 5.10 Å². The number of aryl methyl sites for hydroxylation is 1. The van der Waals surface area contributed by atoms with Gasteiger partial charge in [0.05, 0.1) is 19.3 Å². The van der Waals surface area contributed by atoms with E-state index in [9.17, 15) is 9.18 Å². The van der Waals surface area contributed by atoms with Crippen LogP contribution in [0.25, 0.3) is 5.57 Å². The molecule has 3 aromatic rings. The van der Waals surface area contributed by atoms with Gasteiger partial charge in [0, 0.05) is 62.7 Å². The smallest absolute Gasteiger partial charge is 0.241 e. The Bertz CT molecular complexity index is 1360. The molecular formula is C28H34FN7O2. The second kappa shape index (κ2) is 11.0.